The molecule has 0 unspecified atom stereocenters. The Labute approximate surface area is 247 Å². The van der Waals surface area contributed by atoms with Gasteiger partial charge >= 0.3 is 0 Å². The van der Waals surface area contributed by atoms with Crippen molar-refractivity contribution in [3.05, 3.63) is 108 Å². The summed E-state index contributed by atoms with van der Waals surface area (Å²) in [6.45, 7) is -0.175. The Morgan fingerprint density at radius 1 is 0.884 bits per heavy atom. The highest BCUT2D eigenvalue weighted by Crippen LogP contribution is 2.32. The number of hydrogen-bond acceptors (Lipinski definition) is 7. The first-order valence-electron chi connectivity index (χ1n) is 13.4. The molecule has 11 heteroatoms. The fourth-order valence-electron chi connectivity index (χ4n) is 4.76. The largest absolute Gasteiger partial charge is 0.497 e. The van der Waals surface area contributed by atoms with Crippen molar-refractivity contribution in [1.82, 2.24) is 19.9 Å². The highest BCUT2D eigenvalue weighted by molar-refractivity contribution is 5.99. The van der Waals surface area contributed by atoms with Crippen LogP contribution < -0.4 is 19.5 Å². The van der Waals surface area contributed by atoms with E-state index in [1.54, 1.807) is 61.7 Å². The third-order valence-electron chi connectivity index (χ3n) is 6.93. The van der Waals surface area contributed by atoms with Gasteiger partial charge in [-0.05, 0) is 59.7 Å². The fourth-order valence-corrected chi connectivity index (χ4v) is 4.76. The van der Waals surface area contributed by atoms with Gasteiger partial charge in [0.15, 0.2) is 0 Å². The van der Waals surface area contributed by atoms with Crippen molar-refractivity contribution in [2.75, 3.05) is 26.6 Å². The van der Waals surface area contributed by atoms with E-state index in [0.717, 1.165) is 5.56 Å². The van der Waals surface area contributed by atoms with E-state index in [0.29, 0.717) is 34.0 Å². The van der Waals surface area contributed by atoms with Crippen LogP contribution in [-0.4, -0.2) is 53.0 Å². The molecule has 0 aliphatic carbocycles. The molecule has 0 spiro atoms. The number of anilines is 1. The number of rotatable bonds is 11. The summed E-state index contributed by atoms with van der Waals surface area (Å²) < 4.78 is 32.1. The maximum atomic E-state index is 14.6. The molecular formula is C32H30FN5O5. The van der Waals surface area contributed by atoms with Crippen LogP contribution in [0.25, 0.3) is 11.0 Å². The molecule has 43 heavy (non-hydrogen) atoms. The molecule has 1 heterocycles. The molecule has 2 amide bonds. The molecule has 0 bridgehead atoms. The normalized spacial score (nSPS) is 11.5. The summed E-state index contributed by atoms with van der Waals surface area (Å²) in [5, 5.41) is 11.2. The van der Waals surface area contributed by atoms with E-state index in [1.807, 2.05) is 18.2 Å². The SMILES string of the molecule is COc1ccc(CN(C(=O)Cn2nnc3ccccc32)[C@@H](C(=O)Nc2ccc(OC)cc2OC)c2cccc(F)c2)cc1. The molecule has 4 aromatic carbocycles. The van der Waals surface area contributed by atoms with Gasteiger partial charge in [-0.15, -0.1) is 5.10 Å². The van der Waals surface area contributed by atoms with Gasteiger partial charge in [0, 0.05) is 12.6 Å². The summed E-state index contributed by atoms with van der Waals surface area (Å²) in [6.07, 6.45) is 0. The standard InChI is InChI=1S/C32H30FN5O5/c1-41-24-13-11-21(12-14-24)19-37(30(39)20-38-28-10-5-4-9-26(28)35-36-38)31(22-7-6-8-23(33)17-22)32(40)34-27-16-15-25(42-2)18-29(27)43-3/h4-18,31H,19-20H2,1-3H3,(H,34,40)/t31-/m1/s1. The lowest BCUT2D eigenvalue weighted by atomic mass is 10.0. The van der Waals surface area contributed by atoms with Gasteiger partial charge in [-0.2, -0.15) is 0 Å². The summed E-state index contributed by atoms with van der Waals surface area (Å²) in [7, 11) is 4.55. The smallest absolute Gasteiger partial charge is 0.251 e. The minimum atomic E-state index is -1.23. The van der Waals surface area contributed by atoms with Gasteiger partial charge in [-0.3, -0.25) is 9.59 Å². The predicted octanol–water partition coefficient (Wildman–Crippen LogP) is 5.01. The number of amides is 2. The summed E-state index contributed by atoms with van der Waals surface area (Å²) in [6, 6.07) is 23.7. The number of hydrogen-bond donors (Lipinski definition) is 1. The quantitative estimate of drug-likeness (QED) is 0.233. The minimum absolute atomic E-state index is 0.0316. The van der Waals surface area contributed by atoms with E-state index < -0.39 is 23.7 Å². The van der Waals surface area contributed by atoms with E-state index in [9.17, 15) is 14.0 Å². The topological polar surface area (TPSA) is 108 Å². The van der Waals surface area contributed by atoms with Gasteiger partial charge in [0.05, 0.1) is 32.5 Å². The number of nitrogens with zero attached hydrogens (tertiary/aromatic N) is 4. The van der Waals surface area contributed by atoms with Crippen molar-refractivity contribution in [3.8, 4) is 17.2 Å². The lowest BCUT2D eigenvalue weighted by Crippen LogP contribution is -2.42. The Bertz CT molecular complexity index is 1740. The number of para-hydroxylation sites is 1. The van der Waals surface area contributed by atoms with Gasteiger partial charge in [0.1, 0.15) is 41.2 Å². The molecule has 0 radical (unpaired) electrons. The molecule has 0 fully saturated rings. The van der Waals surface area contributed by atoms with Gasteiger partial charge in [0.25, 0.3) is 5.91 Å². The van der Waals surface area contributed by atoms with Crippen molar-refractivity contribution in [1.29, 1.82) is 0 Å². The molecule has 0 saturated heterocycles. The van der Waals surface area contributed by atoms with Crippen LogP contribution in [0.4, 0.5) is 10.1 Å². The lowest BCUT2D eigenvalue weighted by Gasteiger charge is -2.32. The average molecular weight is 584 g/mol. The van der Waals surface area contributed by atoms with Crippen LogP contribution in [-0.2, 0) is 22.7 Å². The van der Waals surface area contributed by atoms with Gasteiger partial charge in [-0.1, -0.05) is 41.6 Å². The monoisotopic (exact) mass is 583 g/mol. The Balaban J connectivity index is 1.57. The van der Waals surface area contributed by atoms with Crippen molar-refractivity contribution in [3.63, 3.8) is 0 Å². The Kier molecular flexibility index (Phi) is 8.80. The number of carbonyl (C=O) groups is 2. The summed E-state index contributed by atoms with van der Waals surface area (Å²) in [5.41, 5.74) is 2.66. The lowest BCUT2D eigenvalue weighted by molar-refractivity contribution is -0.140. The number of aromatic nitrogens is 3. The zero-order valence-electron chi connectivity index (χ0n) is 23.9. The molecule has 220 valence electrons. The molecular weight excluding hydrogens is 553 g/mol. The van der Waals surface area contributed by atoms with Crippen LogP contribution in [0.15, 0.2) is 91.0 Å². The Morgan fingerprint density at radius 3 is 2.35 bits per heavy atom. The Morgan fingerprint density at radius 2 is 1.63 bits per heavy atom. The van der Waals surface area contributed by atoms with Crippen LogP contribution in [0.1, 0.15) is 17.2 Å². The minimum Gasteiger partial charge on any atom is -0.497 e. The molecule has 5 rings (SSSR count). The fraction of sp³-hybridized carbons (Fsp3) is 0.188. The van der Waals surface area contributed by atoms with Gasteiger partial charge in [-0.25, -0.2) is 9.07 Å². The first-order valence-corrected chi connectivity index (χ1v) is 13.4. The number of benzene rings is 4. The molecule has 10 nitrogen and oxygen atoms in total. The van der Waals surface area contributed by atoms with Gasteiger partial charge < -0.3 is 24.4 Å². The van der Waals surface area contributed by atoms with Crippen LogP contribution in [0.3, 0.4) is 0 Å². The maximum Gasteiger partial charge on any atom is 0.251 e. The zero-order chi connectivity index (χ0) is 30.3. The number of halogens is 1. The summed E-state index contributed by atoms with van der Waals surface area (Å²) in [4.78, 5) is 29.7. The van der Waals surface area contributed by atoms with Crippen molar-refractivity contribution >= 4 is 28.5 Å². The second-order valence-electron chi connectivity index (χ2n) is 9.62. The summed E-state index contributed by atoms with van der Waals surface area (Å²) in [5.74, 6) is -0.0177. The number of carbonyl (C=O) groups excluding carboxylic acids is 2. The van der Waals surface area contributed by atoms with E-state index in [4.69, 9.17) is 14.2 Å². The number of fused-ring (bicyclic) bond motifs is 1. The van der Waals surface area contributed by atoms with Crippen LogP contribution in [0.5, 0.6) is 17.2 Å². The highest BCUT2D eigenvalue weighted by atomic mass is 19.1. The van der Waals surface area contributed by atoms with Crippen molar-refractivity contribution in [2.45, 2.75) is 19.1 Å². The second-order valence-corrected chi connectivity index (χ2v) is 9.62. The molecule has 0 aliphatic heterocycles. The van der Waals surface area contributed by atoms with E-state index >= 15 is 0 Å². The van der Waals surface area contributed by atoms with E-state index in [1.165, 1.54) is 42.0 Å². The molecule has 0 aliphatic rings. The van der Waals surface area contributed by atoms with Crippen molar-refractivity contribution in [2.24, 2.45) is 0 Å². The van der Waals surface area contributed by atoms with Crippen LogP contribution >= 0.6 is 0 Å². The Hall–Kier alpha value is -5.45. The van der Waals surface area contributed by atoms with Crippen LogP contribution in [0.2, 0.25) is 0 Å². The zero-order valence-corrected chi connectivity index (χ0v) is 23.9. The summed E-state index contributed by atoms with van der Waals surface area (Å²) >= 11 is 0. The molecule has 0 saturated carbocycles. The first-order chi connectivity index (χ1) is 20.9. The predicted molar refractivity (Wildman–Crippen MR) is 158 cm³/mol. The highest BCUT2D eigenvalue weighted by Gasteiger charge is 2.33. The first kappa shape index (κ1) is 29.1. The molecule has 1 N–H and O–H groups in total. The number of nitrogens with one attached hydrogen (secondary N) is 1. The number of ether oxygens (including phenoxy) is 3. The van der Waals surface area contributed by atoms with E-state index in [2.05, 4.69) is 15.6 Å². The molecule has 1 atom stereocenters. The second kappa shape index (κ2) is 13.0. The maximum absolute atomic E-state index is 14.6. The number of methoxy groups -OCH3 is 3. The van der Waals surface area contributed by atoms with E-state index in [-0.39, 0.29) is 18.7 Å². The van der Waals surface area contributed by atoms with Crippen LogP contribution in [0, 0.1) is 5.82 Å². The third kappa shape index (κ3) is 6.56. The average Bonchev–Trinajstić information content (AvgIpc) is 3.43. The van der Waals surface area contributed by atoms with Crippen molar-refractivity contribution < 1.29 is 28.2 Å². The van der Waals surface area contributed by atoms with Gasteiger partial charge in [0.2, 0.25) is 5.91 Å². The third-order valence-corrected chi connectivity index (χ3v) is 6.93. The molecule has 1 aromatic heterocycles. The molecule has 5 aromatic rings.